The number of benzene rings is 1. The largest absolute Gasteiger partial charge is 0.313 e. The molecule has 1 aliphatic heterocycles. The van der Waals surface area contributed by atoms with Crippen molar-refractivity contribution >= 4 is 22.1 Å². The summed E-state index contributed by atoms with van der Waals surface area (Å²) in [6, 6.07) is 10.3. The van der Waals surface area contributed by atoms with E-state index in [-0.39, 0.29) is 11.8 Å². The average Bonchev–Trinajstić information content (AvgIpc) is 3.07. The van der Waals surface area contributed by atoms with Crippen molar-refractivity contribution in [2.45, 2.75) is 39.5 Å². The number of rotatable bonds is 6. The van der Waals surface area contributed by atoms with Crippen LogP contribution in [0.3, 0.4) is 0 Å². The van der Waals surface area contributed by atoms with Crippen LogP contribution in [0.1, 0.15) is 24.7 Å². The molecule has 3 rings (SSSR count). The van der Waals surface area contributed by atoms with Crippen LogP contribution < -0.4 is 4.90 Å². The molecular weight excluding hydrogens is 356 g/mol. The molecule has 2 atom stereocenters. The lowest BCUT2D eigenvalue weighted by Gasteiger charge is -2.23. The third kappa shape index (κ3) is 4.19. The van der Waals surface area contributed by atoms with E-state index in [0.29, 0.717) is 23.7 Å². The molecule has 25 heavy (non-hydrogen) atoms. The first-order chi connectivity index (χ1) is 11.9. The van der Waals surface area contributed by atoms with Crippen molar-refractivity contribution in [2.75, 3.05) is 18.1 Å². The normalized spacial score (nSPS) is 20.6. The van der Waals surface area contributed by atoms with Gasteiger partial charge in [0.25, 0.3) is 0 Å². The van der Waals surface area contributed by atoms with Crippen molar-refractivity contribution in [2.24, 2.45) is 0 Å². The predicted molar refractivity (Wildman–Crippen MR) is 99.9 cm³/mol. The minimum atomic E-state index is -2.88. The van der Waals surface area contributed by atoms with E-state index in [1.807, 2.05) is 34.4 Å². The van der Waals surface area contributed by atoms with E-state index in [1.54, 1.807) is 0 Å². The summed E-state index contributed by atoms with van der Waals surface area (Å²) in [5, 5.41) is 4.61. The van der Waals surface area contributed by atoms with Crippen molar-refractivity contribution < 1.29 is 13.3 Å². The Bertz CT molecular complexity index is 887. The number of hydrogen-bond acceptors (Lipinski definition) is 4. The van der Waals surface area contributed by atoms with E-state index in [2.05, 4.69) is 24.2 Å². The highest BCUT2D eigenvalue weighted by Crippen LogP contribution is 2.10. The van der Waals surface area contributed by atoms with E-state index in [0.717, 1.165) is 18.8 Å². The molecule has 1 fully saturated rings. The lowest BCUT2D eigenvalue weighted by atomic mass is 10.2. The summed E-state index contributed by atoms with van der Waals surface area (Å²) in [6.07, 6.45) is 0.725. The molecular formula is C17H25N4O2S2+. The van der Waals surface area contributed by atoms with Gasteiger partial charge in [-0.25, -0.2) is 8.42 Å². The van der Waals surface area contributed by atoms with Crippen LogP contribution in [-0.2, 0) is 23.1 Å². The molecule has 2 heterocycles. The Morgan fingerprint density at radius 3 is 2.64 bits per heavy atom. The summed E-state index contributed by atoms with van der Waals surface area (Å²) in [6.45, 7) is 6.20. The van der Waals surface area contributed by atoms with Gasteiger partial charge in [-0.3, -0.25) is 4.57 Å². The molecule has 0 spiro atoms. The van der Waals surface area contributed by atoms with Crippen LogP contribution in [-0.4, -0.2) is 46.9 Å². The van der Waals surface area contributed by atoms with Gasteiger partial charge in [-0.05, 0) is 31.6 Å². The van der Waals surface area contributed by atoms with Crippen LogP contribution in [0.15, 0.2) is 30.3 Å². The van der Waals surface area contributed by atoms with Gasteiger partial charge in [0.05, 0.1) is 18.8 Å². The summed E-state index contributed by atoms with van der Waals surface area (Å²) >= 11 is 5.63. The fraction of sp³-hybridized carbons (Fsp3) is 0.529. The zero-order chi connectivity index (χ0) is 18.0. The fourth-order valence-corrected chi connectivity index (χ4v) is 5.57. The van der Waals surface area contributed by atoms with Crippen LogP contribution in [0.2, 0.25) is 0 Å². The van der Waals surface area contributed by atoms with Crippen molar-refractivity contribution in [3.63, 3.8) is 0 Å². The molecule has 0 bridgehead atoms. The van der Waals surface area contributed by atoms with E-state index >= 15 is 0 Å². The summed E-state index contributed by atoms with van der Waals surface area (Å²) in [4.78, 5) is 1.22. The molecule has 0 radical (unpaired) electrons. The Morgan fingerprint density at radius 2 is 2.04 bits per heavy atom. The number of nitrogens with one attached hydrogen (secondary N) is 1. The number of nitrogens with zero attached hydrogens (tertiary/aromatic N) is 3. The topological polar surface area (TPSA) is 61.3 Å². The van der Waals surface area contributed by atoms with E-state index in [4.69, 9.17) is 12.2 Å². The highest BCUT2D eigenvalue weighted by atomic mass is 32.2. The summed E-state index contributed by atoms with van der Waals surface area (Å²) in [5.74, 6) is 1.45. The second-order valence-corrected chi connectivity index (χ2v) is 9.26. The van der Waals surface area contributed by atoms with Crippen LogP contribution in [0.5, 0.6) is 0 Å². The third-order valence-electron chi connectivity index (χ3n) is 4.91. The highest BCUT2D eigenvalue weighted by Gasteiger charge is 2.35. The Balaban J connectivity index is 1.79. The first-order valence-electron chi connectivity index (χ1n) is 8.63. The van der Waals surface area contributed by atoms with Crippen LogP contribution in [0, 0.1) is 11.7 Å². The number of quaternary nitrogens is 1. The predicted octanol–water partition coefficient (Wildman–Crippen LogP) is 0.820. The molecule has 1 aliphatic rings. The van der Waals surface area contributed by atoms with E-state index in [9.17, 15) is 8.42 Å². The Labute approximate surface area is 154 Å². The molecule has 1 aromatic carbocycles. The van der Waals surface area contributed by atoms with Crippen LogP contribution in [0.4, 0.5) is 0 Å². The van der Waals surface area contributed by atoms with Gasteiger partial charge in [-0.2, -0.15) is 9.78 Å². The van der Waals surface area contributed by atoms with Crippen molar-refractivity contribution in [3.8, 4) is 0 Å². The SMILES string of the molecule is CC[NH+](Cn1nc(C)n(Cc2ccccc2)c1=S)[C@H]1CCS(=O)(=O)C1. The van der Waals surface area contributed by atoms with Gasteiger partial charge in [-0.15, -0.1) is 0 Å². The first kappa shape index (κ1) is 18.3. The van der Waals surface area contributed by atoms with Gasteiger partial charge in [0.15, 0.2) is 16.5 Å². The molecule has 1 saturated heterocycles. The maximum atomic E-state index is 11.8. The molecule has 8 heteroatoms. The number of sulfone groups is 1. The zero-order valence-corrected chi connectivity index (χ0v) is 16.3. The second-order valence-electron chi connectivity index (χ2n) is 6.67. The molecule has 2 aromatic rings. The average molecular weight is 382 g/mol. The van der Waals surface area contributed by atoms with Crippen LogP contribution >= 0.6 is 12.2 Å². The minimum Gasteiger partial charge on any atom is -0.313 e. The molecule has 0 amide bonds. The molecule has 6 nitrogen and oxygen atoms in total. The van der Waals surface area contributed by atoms with E-state index in [1.165, 1.54) is 10.5 Å². The Kier molecular flexibility index (Phi) is 5.41. The molecule has 0 saturated carbocycles. The van der Waals surface area contributed by atoms with Crippen molar-refractivity contribution in [1.82, 2.24) is 14.3 Å². The van der Waals surface area contributed by atoms with Gasteiger partial charge < -0.3 is 4.90 Å². The van der Waals surface area contributed by atoms with Gasteiger partial charge in [-0.1, -0.05) is 30.3 Å². The van der Waals surface area contributed by atoms with Crippen molar-refractivity contribution in [3.05, 3.63) is 46.5 Å². The lowest BCUT2D eigenvalue weighted by molar-refractivity contribution is -0.943. The molecule has 1 N–H and O–H groups in total. The number of aryl methyl sites for hydroxylation is 1. The molecule has 0 aliphatic carbocycles. The van der Waals surface area contributed by atoms with Gasteiger partial charge >= 0.3 is 0 Å². The van der Waals surface area contributed by atoms with Gasteiger partial charge in [0.2, 0.25) is 4.77 Å². The number of hydrogen-bond donors (Lipinski definition) is 1. The smallest absolute Gasteiger partial charge is 0.203 e. The highest BCUT2D eigenvalue weighted by molar-refractivity contribution is 7.91. The fourth-order valence-electron chi connectivity index (χ4n) is 3.44. The number of aromatic nitrogens is 3. The quantitative estimate of drug-likeness (QED) is 0.753. The summed E-state index contributed by atoms with van der Waals surface area (Å²) in [7, 11) is -2.88. The molecule has 1 unspecified atom stereocenters. The zero-order valence-electron chi connectivity index (χ0n) is 14.7. The first-order valence-corrected chi connectivity index (χ1v) is 10.9. The van der Waals surface area contributed by atoms with Gasteiger partial charge in [0, 0.05) is 6.42 Å². The third-order valence-corrected chi connectivity index (χ3v) is 7.11. The van der Waals surface area contributed by atoms with Crippen molar-refractivity contribution in [1.29, 1.82) is 0 Å². The summed E-state index contributed by atoms with van der Waals surface area (Å²) < 4.78 is 28.1. The molecule has 1 aromatic heterocycles. The second kappa shape index (κ2) is 7.39. The monoisotopic (exact) mass is 381 g/mol. The van der Waals surface area contributed by atoms with E-state index < -0.39 is 9.84 Å². The maximum Gasteiger partial charge on any atom is 0.203 e. The maximum absolute atomic E-state index is 11.8. The minimum absolute atomic E-state index is 0.136. The summed E-state index contributed by atoms with van der Waals surface area (Å²) in [5.41, 5.74) is 1.18. The lowest BCUT2D eigenvalue weighted by Crippen LogP contribution is -3.15. The molecule has 136 valence electrons. The Morgan fingerprint density at radius 1 is 1.32 bits per heavy atom. The Hall–Kier alpha value is -1.51. The standard InChI is InChI=1S/C17H24N4O2S2/c1-3-19(16-9-10-25(22,23)12-16)13-21-17(24)20(14(2)18-21)11-15-7-5-4-6-8-15/h4-8,16H,3,9-13H2,1-2H3/p+1/t16-/m0/s1. The van der Waals surface area contributed by atoms with Crippen LogP contribution in [0.25, 0.3) is 0 Å². The van der Waals surface area contributed by atoms with Gasteiger partial charge in [0.1, 0.15) is 17.6 Å².